The fourth-order valence-electron chi connectivity index (χ4n) is 2.75. The summed E-state index contributed by atoms with van der Waals surface area (Å²) in [5, 5.41) is 8.45. The minimum absolute atomic E-state index is 0.0337. The number of nitrogens with two attached hydrogens (primary N) is 2. The summed E-state index contributed by atoms with van der Waals surface area (Å²) in [7, 11) is -4.45. The van der Waals surface area contributed by atoms with Crippen LogP contribution in [0.25, 0.3) is 5.69 Å². The predicted molar refractivity (Wildman–Crippen MR) is 98.0 cm³/mol. The largest absolute Gasteiger partial charge is 0.453 e. The van der Waals surface area contributed by atoms with E-state index in [0.717, 1.165) is 12.1 Å². The van der Waals surface area contributed by atoms with Crippen molar-refractivity contribution in [1.29, 1.82) is 0 Å². The molecule has 0 spiro atoms. The Hall–Kier alpha value is -3.03. The number of carbonyl (C=O) groups excluding carboxylic acids is 1. The normalized spacial score (nSPS) is 13.2. The average molecular weight is 461 g/mol. The number of hydrogen-bond acceptors (Lipinski definition) is 6. The first-order chi connectivity index (χ1) is 13.9. The van der Waals surface area contributed by atoms with Crippen LogP contribution < -0.4 is 10.9 Å². The number of sulfonamides is 1. The Balaban J connectivity index is 2.19. The Morgan fingerprint density at radius 2 is 1.90 bits per heavy atom. The molecule has 0 fully saturated rings. The lowest BCUT2D eigenvalue weighted by Crippen LogP contribution is -2.24. The number of alkyl halides is 3. The quantitative estimate of drug-likeness (QED) is 0.553. The van der Waals surface area contributed by atoms with Crippen LogP contribution in [-0.2, 0) is 21.0 Å². The van der Waals surface area contributed by atoms with Crippen LogP contribution >= 0.6 is 11.6 Å². The molecule has 3 aromatic rings. The maximum absolute atomic E-state index is 12.8. The summed E-state index contributed by atoms with van der Waals surface area (Å²) in [4.78, 5) is 18.5. The van der Waals surface area contributed by atoms with E-state index in [-0.39, 0.29) is 22.0 Å². The van der Waals surface area contributed by atoms with Crippen molar-refractivity contribution < 1.29 is 26.4 Å². The molecule has 0 saturated heterocycles. The molecule has 1 amide bonds. The Kier molecular flexibility index (Phi) is 5.54. The molecule has 0 aliphatic rings. The molecule has 0 bridgehead atoms. The third-order valence-corrected chi connectivity index (χ3v) is 5.26. The van der Waals surface area contributed by atoms with Gasteiger partial charge >= 0.3 is 6.18 Å². The molecule has 3 rings (SSSR count). The van der Waals surface area contributed by atoms with E-state index < -0.39 is 38.7 Å². The van der Waals surface area contributed by atoms with Gasteiger partial charge in [0, 0.05) is 11.8 Å². The monoisotopic (exact) mass is 460 g/mol. The first-order valence-corrected chi connectivity index (χ1v) is 9.87. The van der Waals surface area contributed by atoms with E-state index >= 15 is 0 Å². The summed E-state index contributed by atoms with van der Waals surface area (Å²) in [6, 6.07) is 6.41. The molecule has 1 unspecified atom stereocenters. The molecule has 0 radical (unpaired) electrons. The summed E-state index contributed by atoms with van der Waals surface area (Å²) >= 11 is 6.02. The molecular weight excluding hydrogens is 449 g/mol. The number of primary sulfonamides is 1. The zero-order valence-corrected chi connectivity index (χ0v) is 16.3. The van der Waals surface area contributed by atoms with Gasteiger partial charge in [0.2, 0.25) is 15.9 Å². The fraction of sp³-hybridized carbons (Fsp3) is 0.125. The lowest BCUT2D eigenvalue weighted by molar-refractivity contribution is -0.144. The number of primary amides is 1. The summed E-state index contributed by atoms with van der Waals surface area (Å²) < 4.78 is 63.2. The van der Waals surface area contributed by atoms with Crippen LogP contribution in [0.3, 0.4) is 0 Å². The van der Waals surface area contributed by atoms with E-state index in [1.807, 2.05) is 0 Å². The van der Waals surface area contributed by atoms with Crippen molar-refractivity contribution in [3.8, 4) is 5.69 Å². The molecule has 158 valence electrons. The highest BCUT2D eigenvalue weighted by Gasteiger charge is 2.36. The van der Waals surface area contributed by atoms with Crippen molar-refractivity contribution in [2.75, 3.05) is 0 Å². The second kappa shape index (κ2) is 7.66. The van der Waals surface area contributed by atoms with Gasteiger partial charge < -0.3 is 5.73 Å². The first kappa shape index (κ1) is 21.7. The Bertz CT molecular complexity index is 1230. The SMILES string of the molecule is NC(=O)C(c1ccc(-n2cnc(C(F)(F)F)n2)c(S(N)(=O)=O)c1)c1cccnc1Cl. The van der Waals surface area contributed by atoms with Gasteiger partial charge in [-0.05, 0) is 23.8 Å². The molecule has 4 N–H and O–H groups in total. The second-order valence-electron chi connectivity index (χ2n) is 6.00. The maximum atomic E-state index is 12.8. The van der Waals surface area contributed by atoms with E-state index in [1.54, 1.807) is 0 Å². The minimum atomic E-state index is -4.83. The van der Waals surface area contributed by atoms with Gasteiger partial charge in [-0.2, -0.15) is 13.2 Å². The Labute approximate surface area is 172 Å². The number of benzene rings is 1. The highest BCUT2D eigenvalue weighted by Crippen LogP contribution is 2.32. The van der Waals surface area contributed by atoms with Gasteiger partial charge in [-0.25, -0.2) is 28.2 Å². The number of aromatic nitrogens is 4. The van der Waals surface area contributed by atoms with Crippen LogP contribution in [0.2, 0.25) is 5.15 Å². The van der Waals surface area contributed by atoms with Crippen LogP contribution in [0.1, 0.15) is 22.9 Å². The molecule has 2 aromatic heterocycles. The summed E-state index contributed by atoms with van der Waals surface area (Å²) in [6.07, 6.45) is -2.76. The van der Waals surface area contributed by atoms with E-state index in [1.165, 1.54) is 24.4 Å². The predicted octanol–water partition coefficient (Wildman–Crippen LogP) is 1.60. The number of rotatable bonds is 5. The van der Waals surface area contributed by atoms with Gasteiger partial charge in [0.15, 0.2) is 0 Å². The molecule has 30 heavy (non-hydrogen) atoms. The van der Waals surface area contributed by atoms with Crippen LogP contribution in [-0.4, -0.2) is 34.1 Å². The topological polar surface area (TPSA) is 147 Å². The Morgan fingerprint density at radius 1 is 1.20 bits per heavy atom. The molecule has 9 nitrogen and oxygen atoms in total. The van der Waals surface area contributed by atoms with Gasteiger partial charge in [0.25, 0.3) is 5.82 Å². The van der Waals surface area contributed by atoms with Crippen LogP contribution in [0.15, 0.2) is 47.8 Å². The molecule has 1 aromatic carbocycles. The molecule has 0 aliphatic carbocycles. The van der Waals surface area contributed by atoms with Crippen molar-refractivity contribution >= 4 is 27.5 Å². The molecule has 1 atom stereocenters. The van der Waals surface area contributed by atoms with Crippen LogP contribution in [0, 0.1) is 0 Å². The van der Waals surface area contributed by atoms with Gasteiger partial charge in [-0.3, -0.25) is 4.79 Å². The fourth-order valence-corrected chi connectivity index (χ4v) is 3.73. The molecule has 0 saturated carbocycles. The summed E-state index contributed by atoms with van der Waals surface area (Å²) in [5.41, 5.74) is 5.46. The van der Waals surface area contributed by atoms with Crippen molar-refractivity contribution in [2.24, 2.45) is 10.9 Å². The zero-order chi connectivity index (χ0) is 22.3. The van der Waals surface area contributed by atoms with E-state index in [9.17, 15) is 26.4 Å². The lowest BCUT2D eigenvalue weighted by Gasteiger charge is -2.17. The van der Waals surface area contributed by atoms with Gasteiger partial charge in [-0.1, -0.05) is 23.7 Å². The van der Waals surface area contributed by atoms with Crippen LogP contribution in [0.4, 0.5) is 13.2 Å². The highest BCUT2D eigenvalue weighted by atomic mass is 35.5. The maximum Gasteiger partial charge on any atom is 0.453 e. The van der Waals surface area contributed by atoms with E-state index in [2.05, 4.69) is 15.1 Å². The first-order valence-electron chi connectivity index (χ1n) is 7.95. The van der Waals surface area contributed by atoms with E-state index in [0.29, 0.717) is 11.0 Å². The zero-order valence-electron chi connectivity index (χ0n) is 14.7. The molecule has 2 heterocycles. The van der Waals surface area contributed by atoms with Gasteiger partial charge in [-0.15, -0.1) is 5.10 Å². The van der Waals surface area contributed by atoms with Crippen LogP contribution in [0.5, 0.6) is 0 Å². The molecule has 14 heteroatoms. The number of halogens is 4. The van der Waals surface area contributed by atoms with E-state index in [4.69, 9.17) is 22.5 Å². The van der Waals surface area contributed by atoms with Gasteiger partial charge in [0.1, 0.15) is 16.4 Å². The number of pyridine rings is 1. The van der Waals surface area contributed by atoms with Crippen molar-refractivity contribution in [3.05, 3.63) is 65.0 Å². The average Bonchev–Trinajstić information content (AvgIpc) is 3.13. The molecular formula is C16H12ClF3N6O3S. The summed E-state index contributed by atoms with van der Waals surface area (Å²) in [6.45, 7) is 0. The lowest BCUT2D eigenvalue weighted by atomic mass is 9.91. The Morgan fingerprint density at radius 3 is 2.43 bits per heavy atom. The van der Waals surface area contributed by atoms with Crippen molar-refractivity contribution in [1.82, 2.24) is 19.7 Å². The number of hydrogen-bond donors (Lipinski definition) is 2. The number of amides is 1. The van der Waals surface area contributed by atoms with Crippen molar-refractivity contribution in [3.63, 3.8) is 0 Å². The highest BCUT2D eigenvalue weighted by molar-refractivity contribution is 7.89. The molecule has 0 aliphatic heterocycles. The third kappa shape index (κ3) is 4.27. The number of carbonyl (C=O) groups is 1. The van der Waals surface area contributed by atoms with Crippen molar-refractivity contribution in [2.45, 2.75) is 17.0 Å². The third-order valence-electron chi connectivity index (χ3n) is 4.00. The second-order valence-corrected chi connectivity index (χ2v) is 7.89. The minimum Gasteiger partial charge on any atom is -0.369 e. The number of nitrogens with zero attached hydrogens (tertiary/aromatic N) is 4. The van der Waals surface area contributed by atoms with Gasteiger partial charge in [0.05, 0.1) is 11.6 Å². The standard InChI is InChI=1S/C16H12ClF3N6O3S/c17-13-9(2-1-5-23-13)12(14(21)27)8-3-4-10(11(6-8)30(22,28)29)26-7-24-15(25-26)16(18,19)20/h1-7,12H,(H2,21,27)(H2,22,28,29). The summed E-state index contributed by atoms with van der Waals surface area (Å²) in [5.74, 6) is -3.52. The smallest absolute Gasteiger partial charge is 0.369 e.